The van der Waals surface area contributed by atoms with E-state index in [2.05, 4.69) is 15.3 Å². The Kier molecular flexibility index (Phi) is 4.72. The summed E-state index contributed by atoms with van der Waals surface area (Å²) in [5.74, 6) is 0.138. The number of imidazole rings is 1. The molecule has 1 aliphatic rings. The molecule has 3 rings (SSSR count). The zero-order chi connectivity index (χ0) is 18.0. The molecule has 1 aromatic carbocycles. The van der Waals surface area contributed by atoms with E-state index in [1.54, 1.807) is 18.9 Å². The fourth-order valence-electron chi connectivity index (χ4n) is 2.58. The van der Waals surface area contributed by atoms with Gasteiger partial charge in [0, 0.05) is 6.04 Å². The van der Waals surface area contributed by atoms with Crippen LogP contribution in [-0.4, -0.2) is 51.6 Å². The van der Waals surface area contributed by atoms with E-state index in [1.165, 1.54) is 0 Å². The maximum atomic E-state index is 11.9. The number of amides is 1. The molecule has 0 radical (unpaired) electrons. The van der Waals surface area contributed by atoms with Crippen molar-refractivity contribution in [2.75, 3.05) is 13.6 Å². The zero-order valence-electron chi connectivity index (χ0n) is 14.3. The number of benzene rings is 1. The molecule has 25 heavy (non-hydrogen) atoms. The molecule has 7 heteroatoms. The SMILES string of the molecule is C[C@H](/C(O)=C(\C#N)c1nc2ccccc2[nH]1)N(C)CC(=O)NC1CC1. The number of nitrogens with zero attached hydrogens (tertiary/aromatic N) is 3. The van der Waals surface area contributed by atoms with Crippen molar-refractivity contribution in [3.63, 3.8) is 0 Å². The molecule has 2 aromatic rings. The number of hydrogen-bond donors (Lipinski definition) is 3. The van der Waals surface area contributed by atoms with Gasteiger partial charge in [0.1, 0.15) is 17.4 Å². The number of aliphatic hydroxyl groups excluding tert-OH is 1. The van der Waals surface area contributed by atoms with Gasteiger partial charge in [-0.05, 0) is 38.9 Å². The Hall–Kier alpha value is -2.85. The van der Waals surface area contributed by atoms with Gasteiger partial charge in [-0.15, -0.1) is 0 Å². The van der Waals surface area contributed by atoms with Gasteiger partial charge in [-0.1, -0.05) is 12.1 Å². The lowest BCUT2D eigenvalue weighted by molar-refractivity contribution is -0.122. The number of carbonyl (C=O) groups is 1. The molecule has 0 bridgehead atoms. The van der Waals surface area contributed by atoms with Crippen LogP contribution in [0.3, 0.4) is 0 Å². The lowest BCUT2D eigenvalue weighted by Crippen LogP contribution is -2.41. The van der Waals surface area contributed by atoms with Crippen LogP contribution in [-0.2, 0) is 4.79 Å². The van der Waals surface area contributed by atoms with Crippen LogP contribution in [0.25, 0.3) is 16.6 Å². The van der Waals surface area contributed by atoms with Crippen LogP contribution in [0.5, 0.6) is 0 Å². The van der Waals surface area contributed by atoms with Crippen LogP contribution in [0.1, 0.15) is 25.6 Å². The fourth-order valence-corrected chi connectivity index (χ4v) is 2.58. The maximum Gasteiger partial charge on any atom is 0.234 e. The Balaban J connectivity index is 1.79. The third-order valence-corrected chi connectivity index (χ3v) is 4.39. The predicted molar refractivity (Wildman–Crippen MR) is 94.5 cm³/mol. The number of hydrogen-bond acceptors (Lipinski definition) is 5. The number of carbonyl (C=O) groups excluding carboxylic acids is 1. The number of allylic oxidation sites excluding steroid dienone is 1. The quantitative estimate of drug-likeness (QED) is 0.551. The molecule has 1 aromatic heterocycles. The van der Waals surface area contributed by atoms with Gasteiger partial charge in [-0.2, -0.15) is 5.26 Å². The monoisotopic (exact) mass is 339 g/mol. The molecule has 3 N–H and O–H groups in total. The summed E-state index contributed by atoms with van der Waals surface area (Å²) < 4.78 is 0. The fraction of sp³-hybridized carbons (Fsp3) is 0.389. The molecule has 1 atom stereocenters. The summed E-state index contributed by atoms with van der Waals surface area (Å²) >= 11 is 0. The minimum atomic E-state index is -0.493. The van der Waals surface area contributed by atoms with Crippen molar-refractivity contribution in [1.29, 1.82) is 5.26 Å². The number of fused-ring (bicyclic) bond motifs is 1. The first-order valence-electron chi connectivity index (χ1n) is 8.27. The van der Waals surface area contributed by atoms with E-state index in [0.717, 1.165) is 23.9 Å². The molecule has 0 unspecified atom stereocenters. The van der Waals surface area contributed by atoms with Gasteiger partial charge >= 0.3 is 0 Å². The van der Waals surface area contributed by atoms with Crippen LogP contribution in [0.15, 0.2) is 30.0 Å². The Morgan fingerprint density at radius 3 is 2.88 bits per heavy atom. The van der Waals surface area contributed by atoms with E-state index in [4.69, 9.17) is 0 Å². The second-order valence-corrected chi connectivity index (χ2v) is 6.41. The van der Waals surface area contributed by atoms with Crippen LogP contribution >= 0.6 is 0 Å². The molecule has 1 amide bonds. The van der Waals surface area contributed by atoms with Gasteiger partial charge in [0.25, 0.3) is 0 Å². The average Bonchev–Trinajstić information content (AvgIpc) is 3.29. The summed E-state index contributed by atoms with van der Waals surface area (Å²) in [6.45, 7) is 1.90. The van der Waals surface area contributed by atoms with E-state index in [-0.39, 0.29) is 23.8 Å². The highest BCUT2D eigenvalue weighted by Gasteiger charge is 2.26. The third kappa shape index (κ3) is 3.80. The Morgan fingerprint density at radius 1 is 1.52 bits per heavy atom. The van der Waals surface area contributed by atoms with Crippen LogP contribution in [0.4, 0.5) is 0 Å². The lowest BCUT2D eigenvalue weighted by Gasteiger charge is -2.24. The summed E-state index contributed by atoms with van der Waals surface area (Å²) in [5, 5.41) is 23.0. The van der Waals surface area contributed by atoms with Crippen LogP contribution < -0.4 is 5.32 Å². The number of para-hydroxylation sites is 2. The second-order valence-electron chi connectivity index (χ2n) is 6.41. The highest BCUT2D eigenvalue weighted by Crippen LogP contribution is 2.22. The van der Waals surface area contributed by atoms with Crippen molar-refractivity contribution in [3.05, 3.63) is 35.8 Å². The number of likely N-dealkylation sites (N-methyl/N-ethyl adjacent to an activating group) is 1. The summed E-state index contributed by atoms with van der Waals surface area (Å²) in [6.07, 6.45) is 2.06. The van der Waals surface area contributed by atoms with Crippen molar-refractivity contribution in [2.24, 2.45) is 0 Å². The number of aliphatic hydroxyl groups is 1. The van der Waals surface area contributed by atoms with E-state index < -0.39 is 6.04 Å². The highest BCUT2D eigenvalue weighted by molar-refractivity contribution is 5.83. The van der Waals surface area contributed by atoms with Gasteiger partial charge in [-0.25, -0.2) is 4.98 Å². The first-order valence-corrected chi connectivity index (χ1v) is 8.27. The third-order valence-electron chi connectivity index (χ3n) is 4.39. The summed E-state index contributed by atoms with van der Waals surface area (Å²) in [7, 11) is 1.74. The molecule has 1 aliphatic carbocycles. The number of rotatable bonds is 6. The Morgan fingerprint density at radius 2 is 2.24 bits per heavy atom. The Bertz CT molecular complexity index is 827. The van der Waals surface area contributed by atoms with Crippen molar-refractivity contribution in [3.8, 4) is 6.07 Å². The number of nitrogens with one attached hydrogen (secondary N) is 2. The van der Waals surface area contributed by atoms with E-state index in [1.807, 2.05) is 30.3 Å². The van der Waals surface area contributed by atoms with Crippen LogP contribution in [0.2, 0.25) is 0 Å². The highest BCUT2D eigenvalue weighted by atomic mass is 16.3. The van der Waals surface area contributed by atoms with Crippen molar-refractivity contribution in [2.45, 2.75) is 31.8 Å². The molecule has 0 aliphatic heterocycles. The zero-order valence-corrected chi connectivity index (χ0v) is 14.3. The van der Waals surface area contributed by atoms with Crippen molar-refractivity contribution < 1.29 is 9.90 Å². The maximum absolute atomic E-state index is 11.9. The van der Waals surface area contributed by atoms with Gasteiger partial charge in [0.2, 0.25) is 5.91 Å². The molecular weight excluding hydrogens is 318 g/mol. The van der Waals surface area contributed by atoms with Crippen molar-refractivity contribution in [1.82, 2.24) is 20.2 Å². The minimum absolute atomic E-state index is 0.0769. The standard InChI is InChI=1S/C18H21N5O2/c1-11(23(2)10-16(24)20-12-7-8-12)17(25)13(9-19)18-21-14-5-3-4-6-15(14)22-18/h3-6,11-12,25H,7-8,10H2,1-2H3,(H,20,24)(H,21,22)/b17-13-/t11-/m1/s1. The van der Waals surface area contributed by atoms with E-state index in [0.29, 0.717) is 11.9 Å². The average molecular weight is 339 g/mol. The van der Waals surface area contributed by atoms with Crippen LogP contribution in [0, 0.1) is 11.3 Å². The predicted octanol–water partition coefficient (Wildman–Crippen LogP) is 1.95. The molecule has 7 nitrogen and oxygen atoms in total. The van der Waals surface area contributed by atoms with E-state index in [9.17, 15) is 15.2 Å². The smallest absolute Gasteiger partial charge is 0.234 e. The first-order chi connectivity index (χ1) is 12.0. The molecule has 1 fully saturated rings. The molecule has 0 saturated heterocycles. The normalized spacial score (nSPS) is 16.4. The number of aromatic amines is 1. The number of nitriles is 1. The van der Waals surface area contributed by atoms with Gasteiger partial charge < -0.3 is 15.4 Å². The molecule has 1 heterocycles. The number of H-pyrrole nitrogens is 1. The molecule has 0 spiro atoms. The summed E-state index contributed by atoms with van der Waals surface area (Å²) in [4.78, 5) is 21.0. The first kappa shape index (κ1) is 17.0. The minimum Gasteiger partial charge on any atom is -0.509 e. The summed E-state index contributed by atoms with van der Waals surface area (Å²) in [6, 6.07) is 9.24. The van der Waals surface area contributed by atoms with Gasteiger partial charge in [0.05, 0.1) is 23.6 Å². The molecular formula is C18H21N5O2. The second kappa shape index (κ2) is 6.95. The van der Waals surface area contributed by atoms with Crippen molar-refractivity contribution >= 4 is 22.5 Å². The lowest BCUT2D eigenvalue weighted by atomic mass is 10.1. The largest absolute Gasteiger partial charge is 0.509 e. The van der Waals surface area contributed by atoms with Gasteiger partial charge in [0.15, 0.2) is 5.82 Å². The Labute approximate surface area is 146 Å². The number of aromatic nitrogens is 2. The topological polar surface area (TPSA) is 105 Å². The summed E-state index contributed by atoms with van der Waals surface area (Å²) in [5.41, 5.74) is 1.60. The molecule has 1 saturated carbocycles. The molecule has 130 valence electrons. The van der Waals surface area contributed by atoms with E-state index >= 15 is 0 Å². The van der Waals surface area contributed by atoms with Gasteiger partial charge in [-0.3, -0.25) is 9.69 Å².